The fraction of sp³-hybridized carbons (Fsp3) is 0.842. The van der Waals surface area contributed by atoms with Gasteiger partial charge < -0.3 is 15.3 Å². The fourth-order valence-corrected chi connectivity index (χ4v) is 6.42. The predicted octanol–water partition coefficient (Wildman–Crippen LogP) is 1.82. The van der Waals surface area contributed by atoms with Gasteiger partial charge in [0.05, 0.1) is 12.2 Å². The van der Waals surface area contributed by atoms with Crippen molar-refractivity contribution >= 4 is 5.78 Å². The van der Waals surface area contributed by atoms with Crippen molar-refractivity contribution < 1.29 is 20.1 Å². The highest BCUT2D eigenvalue weighted by atomic mass is 16.3. The molecule has 4 nitrogen and oxygen atoms in total. The molecule has 3 fully saturated rings. The standard InChI is InChI=1S/C19H28O4/c1-18-5-3-11(20)7-10(18)8-14(21)16-12(18)4-6-19(2)13(16)9-15(22)17(19)23/h8,11-16,20-22H,3-7,9H2,1-2H3/t11-,12-,13-,14+,15+,16+,18-,19-/m0/s1. The van der Waals surface area contributed by atoms with Crippen LogP contribution >= 0.6 is 0 Å². The van der Waals surface area contributed by atoms with Gasteiger partial charge in [0.25, 0.3) is 0 Å². The molecule has 8 atom stereocenters. The topological polar surface area (TPSA) is 77.8 Å². The number of carbonyl (C=O) groups is 1. The van der Waals surface area contributed by atoms with Crippen LogP contribution in [-0.4, -0.2) is 39.4 Å². The third-order valence-electron chi connectivity index (χ3n) is 7.84. The molecule has 4 heteroatoms. The van der Waals surface area contributed by atoms with E-state index in [1.165, 1.54) is 5.57 Å². The third-order valence-corrected chi connectivity index (χ3v) is 7.84. The molecule has 0 amide bonds. The lowest BCUT2D eigenvalue weighted by Gasteiger charge is -2.57. The maximum Gasteiger partial charge on any atom is 0.167 e. The van der Waals surface area contributed by atoms with E-state index in [0.29, 0.717) is 18.8 Å². The summed E-state index contributed by atoms with van der Waals surface area (Å²) in [6, 6.07) is 0. The molecule has 3 saturated carbocycles. The van der Waals surface area contributed by atoms with E-state index in [0.717, 1.165) is 25.7 Å². The molecule has 4 rings (SSSR count). The van der Waals surface area contributed by atoms with Crippen molar-refractivity contribution in [2.75, 3.05) is 0 Å². The van der Waals surface area contributed by atoms with E-state index in [1.807, 2.05) is 13.0 Å². The van der Waals surface area contributed by atoms with E-state index in [1.54, 1.807) is 0 Å². The fourth-order valence-electron chi connectivity index (χ4n) is 6.42. The minimum atomic E-state index is -0.859. The molecule has 0 aliphatic heterocycles. The van der Waals surface area contributed by atoms with Gasteiger partial charge in [-0.05, 0) is 61.7 Å². The normalized spacial score (nSPS) is 55.7. The van der Waals surface area contributed by atoms with Crippen LogP contribution in [0.5, 0.6) is 0 Å². The van der Waals surface area contributed by atoms with Crippen LogP contribution in [0.3, 0.4) is 0 Å². The second kappa shape index (κ2) is 4.90. The number of ketones is 1. The number of aliphatic hydroxyl groups excluding tert-OH is 3. The molecule has 4 aliphatic carbocycles. The number of rotatable bonds is 0. The molecule has 0 spiro atoms. The summed E-state index contributed by atoms with van der Waals surface area (Å²) in [5, 5.41) is 31.0. The highest BCUT2D eigenvalue weighted by Crippen LogP contribution is 2.63. The lowest BCUT2D eigenvalue weighted by atomic mass is 9.47. The lowest BCUT2D eigenvalue weighted by molar-refractivity contribution is -0.139. The van der Waals surface area contributed by atoms with E-state index >= 15 is 0 Å². The summed E-state index contributed by atoms with van der Waals surface area (Å²) in [5.74, 6) is 0.451. The molecule has 0 aromatic carbocycles. The van der Waals surface area contributed by atoms with Gasteiger partial charge in [0.2, 0.25) is 0 Å². The van der Waals surface area contributed by atoms with E-state index in [9.17, 15) is 20.1 Å². The van der Waals surface area contributed by atoms with E-state index in [4.69, 9.17) is 0 Å². The van der Waals surface area contributed by atoms with Crippen molar-refractivity contribution in [3.8, 4) is 0 Å². The van der Waals surface area contributed by atoms with Crippen LogP contribution in [0.4, 0.5) is 0 Å². The molecule has 23 heavy (non-hydrogen) atoms. The Hall–Kier alpha value is -0.710. The van der Waals surface area contributed by atoms with Crippen LogP contribution in [-0.2, 0) is 4.79 Å². The van der Waals surface area contributed by atoms with Gasteiger partial charge in [-0.1, -0.05) is 25.5 Å². The Labute approximate surface area is 137 Å². The average molecular weight is 320 g/mol. The Kier molecular flexibility index (Phi) is 3.37. The zero-order valence-electron chi connectivity index (χ0n) is 14.0. The summed E-state index contributed by atoms with van der Waals surface area (Å²) in [7, 11) is 0. The first-order chi connectivity index (χ1) is 10.8. The number of hydrogen-bond acceptors (Lipinski definition) is 4. The highest BCUT2D eigenvalue weighted by Gasteiger charge is 2.62. The quantitative estimate of drug-likeness (QED) is 0.595. The van der Waals surface area contributed by atoms with Crippen LogP contribution in [0.2, 0.25) is 0 Å². The van der Waals surface area contributed by atoms with Gasteiger partial charge in [0.15, 0.2) is 5.78 Å². The first kappa shape index (κ1) is 15.8. The maximum atomic E-state index is 12.5. The Morgan fingerprint density at radius 1 is 1.04 bits per heavy atom. The van der Waals surface area contributed by atoms with E-state index in [2.05, 4.69) is 6.92 Å². The molecule has 0 bridgehead atoms. The molecule has 0 radical (unpaired) electrons. The SMILES string of the molecule is C[C@]12CC[C@H](O)CC1=C[C@@H](O)[C@@H]1[C@@H]2CC[C@]2(C)C(=O)[C@H](O)C[C@@H]12. The van der Waals surface area contributed by atoms with Crippen molar-refractivity contribution in [2.24, 2.45) is 28.6 Å². The van der Waals surface area contributed by atoms with Gasteiger partial charge in [-0.2, -0.15) is 0 Å². The van der Waals surface area contributed by atoms with E-state index in [-0.39, 0.29) is 29.1 Å². The minimum absolute atomic E-state index is 0.0212. The van der Waals surface area contributed by atoms with Crippen molar-refractivity contribution in [1.29, 1.82) is 0 Å². The van der Waals surface area contributed by atoms with Gasteiger partial charge in [0.1, 0.15) is 6.10 Å². The minimum Gasteiger partial charge on any atom is -0.393 e. The first-order valence-electron chi connectivity index (χ1n) is 9.07. The van der Waals surface area contributed by atoms with Crippen LogP contribution in [0, 0.1) is 28.6 Å². The molecule has 0 aromatic rings. The van der Waals surface area contributed by atoms with Crippen molar-refractivity contribution in [3.63, 3.8) is 0 Å². The maximum absolute atomic E-state index is 12.5. The smallest absolute Gasteiger partial charge is 0.167 e. The molecule has 4 aliphatic rings. The second-order valence-corrected chi connectivity index (χ2v) is 8.86. The third kappa shape index (κ3) is 1.98. The largest absolute Gasteiger partial charge is 0.393 e. The number of hydrogen-bond donors (Lipinski definition) is 3. The molecular formula is C19H28O4. The summed E-state index contributed by atoms with van der Waals surface area (Å²) in [6.45, 7) is 4.27. The van der Waals surface area contributed by atoms with E-state index < -0.39 is 17.6 Å². The van der Waals surface area contributed by atoms with Crippen LogP contribution in [0.25, 0.3) is 0 Å². The van der Waals surface area contributed by atoms with Crippen molar-refractivity contribution in [1.82, 2.24) is 0 Å². The Balaban J connectivity index is 1.75. The molecule has 0 saturated heterocycles. The molecule has 3 N–H and O–H groups in total. The number of Topliss-reactive ketones (excluding diaryl/α,β-unsaturated/α-hetero) is 1. The highest BCUT2D eigenvalue weighted by molar-refractivity contribution is 5.91. The van der Waals surface area contributed by atoms with Gasteiger partial charge in [0, 0.05) is 5.41 Å². The molecular weight excluding hydrogens is 292 g/mol. The molecule has 0 aromatic heterocycles. The summed E-state index contributed by atoms with van der Waals surface area (Å²) in [6.07, 6.45) is 4.93. The van der Waals surface area contributed by atoms with Crippen LogP contribution in [0.15, 0.2) is 11.6 Å². The number of fused-ring (bicyclic) bond motifs is 5. The Morgan fingerprint density at radius 3 is 2.48 bits per heavy atom. The average Bonchev–Trinajstić information content (AvgIpc) is 2.73. The molecule has 0 unspecified atom stereocenters. The number of carbonyl (C=O) groups excluding carboxylic acids is 1. The van der Waals surface area contributed by atoms with Crippen LogP contribution < -0.4 is 0 Å². The number of aliphatic hydroxyl groups is 3. The molecule has 0 heterocycles. The van der Waals surface area contributed by atoms with Gasteiger partial charge in [-0.3, -0.25) is 4.79 Å². The van der Waals surface area contributed by atoms with Gasteiger partial charge >= 0.3 is 0 Å². The summed E-state index contributed by atoms with van der Waals surface area (Å²) in [5.41, 5.74) is 0.761. The summed E-state index contributed by atoms with van der Waals surface area (Å²) < 4.78 is 0. The lowest BCUT2D eigenvalue weighted by Crippen LogP contribution is -2.54. The second-order valence-electron chi connectivity index (χ2n) is 8.86. The van der Waals surface area contributed by atoms with Crippen molar-refractivity contribution in [2.45, 2.75) is 70.7 Å². The first-order valence-corrected chi connectivity index (χ1v) is 9.07. The van der Waals surface area contributed by atoms with Gasteiger partial charge in [-0.15, -0.1) is 0 Å². The van der Waals surface area contributed by atoms with Crippen LogP contribution in [0.1, 0.15) is 52.4 Å². The predicted molar refractivity (Wildman–Crippen MR) is 85.5 cm³/mol. The Morgan fingerprint density at radius 2 is 1.74 bits per heavy atom. The Bertz CT molecular complexity index is 570. The monoisotopic (exact) mass is 320 g/mol. The van der Waals surface area contributed by atoms with Crippen molar-refractivity contribution in [3.05, 3.63) is 11.6 Å². The van der Waals surface area contributed by atoms with Gasteiger partial charge in [-0.25, -0.2) is 0 Å². The summed E-state index contributed by atoms with van der Waals surface area (Å²) >= 11 is 0. The summed E-state index contributed by atoms with van der Waals surface area (Å²) in [4.78, 5) is 12.5. The molecule has 128 valence electrons. The zero-order valence-corrected chi connectivity index (χ0v) is 14.0. The zero-order chi connectivity index (χ0) is 16.6.